The van der Waals surface area contributed by atoms with Gasteiger partial charge in [-0.2, -0.15) is 0 Å². The molecule has 1 N–H and O–H groups in total. The van der Waals surface area contributed by atoms with Crippen LogP contribution in [0.4, 0.5) is 5.13 Å². The number of aromatic nitrogens is 2. The maximum Gasteiger partial charge on any atom is 0.226 e. The molecule has 6 heteroatoms. The molecule has 0 unspecified atom stereocenters. The van der Waals surface area contributed by atoms with Crippen molar-refractivity contribution in [3.05, 3.63) is 29.8 Å². The van der Waals surface area contributed by atoms with Crippen LogP contribution in [-0.2, 0) is 4.79 Å². The number of carbonyl (C=O) groups excluding carboxylic acids is 1. The van der Waals surface area contributed by atoms with E-state index in [0.717, 1.165) is 30.8 Å². The van der Waals surface area contributed by atoms with Gasteiger partial charge in [-0.15, -0.1) is 11.3 Å². The number of nitrogens with zero attached hydrogens (tertiary/aromatic N) is 3. The van der Waals surface area contributed by atoms with Gasteiger partial charge in [0, 0.05) is 24.0 Å². The molecule has 0 radical (unpaired) electrons. The normalized spacial score (nSPS) is 11.2. The molecule has 2 heterocycles. The highest BCUT2D eigenvalue weighted by atomic mass is 32.1. The summed E-state index contributed by atoms with van der Waals surface area (Å²) in [5.74, 6) is 0.0428. The lowest BCUT2D eigenvalue weighted by Gasteiger charge is -2.20. The maximum atomic E-state index is 12.0. The molecule has 0 aliphatic rings. The Labute approximate surface area is 154 Å². The average molecular weight is 361 g/mol. The van der Waals surface area contributed by atoms with E-state index in [2.05, 4.69) is 41.1 Å². The standard InChI is InChI=1S/C19H28N4OS/c1-15(2)23(3)13-9-5-4-6-11-18(24)22-19-21-17(14-25-19)16-10-7-8-12-20-16/h7-8,10,12,14-15H,4-6,9,11,13H2,1-3H3,(H,21,22,24). The van der Waals surface area contributed by atoms with Crippen LogP contribution >= 0.6 is 11.3 Å². The zero-order valence-electron chi connectivity index (χ0n) is 15.4. The van der Waals surface area contributed by atoms with Gasteiger partial charge in [-0.1, -0.05) is 18.9 Å². The van der Waals surface area contributed by atoms with Crippen LogP contribution < -0.4 is 5.32 Å². The summed E-state index contributed by atoms with van der Waals surface area (Å²) in [6.07, 6.45) is 6.68. The predicted octanol–water partition coefficient (Wildman–Crippen LogP) is 4.43. The fraction of sp³-hybridized carbons (Fsp3) is 0.526. The highest BCUT2D eigenvalue weighted by molar-refractivity contribution is 7.14. The zero-order valence-corrected chi connectivity index (χ0v) is 16.2. The molecule has 1 amide bonds. The van der Waals surface area contributed by atoms with Crippen LogP contribution in [0.5, 0.6) is 0 Å². The second kappa shape index (κ2) is 10.3. The van der Waals surface area contributed by atoms with E-state index in [9.17, 15) is 4.79 Å². The van der Waals surface area contributed by atoms with Gasteiger partial charge in [0.1, 0.15) is 5.69 Å². The number of rotatable bonds is 10. The van der Waals surface area contributed by atoms with E-state index in [0.29, 0.717) is 17.6 Å². The Morgan fingerprint density at radius 1 is 1.20 bits per heavy atom. The number of unbranched alkanes of at least 4 members (excludes halogenated alkanes) is 3. The first-order valence-corrected chi connectivity index (χ1v) is 9.81. The van der Waals surface area contributed by atoms with Gasteiger partial charge < -0.3 is 10.2 Å². The first-order chi connectivity index (χ1) is 12.1. The van der Waals surface area contributed by atoms with Gasteiger partial charge in [0.25, 0.3) is 0 Å². The monoisotopic (exact) mass is 360 g/mol. The fourth-order valence-corrected chi connectivity index (χ4v) is 3.12. The highest BCUT2D eigenvalue weighted by Gasteiger charge is 2.08. The average Bonchev–Trinajstić information content (AvgIpc) is 3.06. The van der Waals surface area contributed by atoms with E-state index >= 15 is 0 Å². The van der Waals surface area contributed by atoms with Crippen molar-refractivity contribution in [3.8, 4) is 11.4 Å². The third-order valence-corrected chi connectivity index (χ3v) is 4.98. The quantitative estimate of drug-likeness (QED) is 0.637. The third kappa shape index (κ3) is 6.92. The van der Waals surface area contributed by atoms with E-state index < -0.39 is 0 Å². The van der Waals surface area contributed by atoms with Crippen molar-refractivity contribution in [2.24, 2.45) is 0 Å². The third-order valence-electron chi connectivity index (χ3n) is 4.22. The summed E-state index contributed by atoms with van der Waals surface area (Å²) in [6.45, 7) is 5.55. The molecule has 136 valence electrons. The molecule has 0 aliphatic heterocycles. The number of thiazole rings is 1. The first-order valence-electron chi connectivity index (χ1n) is 8.93. The van der Waals surface area contributed by atoms with Crippen LogP contribution in [0.3, 0.4) is 0 Å². The lowest BCUT2D eigenvalue weighted by Crippen LogP contribution is -2.27. The number of hydrogen-bond acceptors (Lipinski definition) is 5. The van der Waals surface area contributed by atoms with Gasteiger partial charge in [-0.25, -0.2) is 4.98 Å². The number of anilines is 1. The van der Waals surface area contributed by atoms with Gasteiger partial charge in [-0.3, -0.25) is 9.78 Å². The minimum atomic E-state index is 0.0428. The Hall–Kier alpha value is -1.79. The second-order valence-corrected chi connectivity index (χ2v) is 7.40. The van der Waals surface area contributed by atoms with Gasteiger partial charge in [0.05, 0.1) is 5.69 Å². The number of pyridine rings is 1. The zero-order chi connectivity index (χ0) is 18.1. The molecule has 2 aromatic heterocycles. The van der Waals surface area contributed by atoms with Crippen molar-refractivity contribution in [1.29, 1.82) is 0 Å². The summed E-state index contributed by atoms with van der Waals surface area (Å²) >= 11 is 1.44. The number of hydrogen-bond donors (Lipinski definition) is 1. The molecule has 0 atom stereocenters. The summed E-state index contributed by atoms with van der Waals surface area (Å²) < 4.78 is 0. The van der Waals surface area contributed by atoms with Crippen molar-refractivity contribution in [2.75, 3.05) is 18.9 Å². The van der Waals surface area contributed by atoms with Crippen LogP contribution in [0.1, 0.15) is 46.0 Å². The van der Waals surface area contributed by atoms with E-state index in [4.69, 9.17) is 0 Å². The smallest absolute Gasteiger partial charge is 0.226 e. The Kier molecular flexibility index (Phi) is 8.01. The molecule has 25 heavy (non-hydrogen) atoms. The summed E-state index contributed by atoms with van der Waals surface area (Å²) in [4.78, 5) is 23.1. The second-order valence-electron chi connectivity index (χ2n) is 6.54. The number of carbonyl (C=O) groups is 1. The molecule has 0 saturated heterocycles. The summed E-state index contributed by atoms with van der Waals surface area (Å²) in [5, 5.41) is 5.45. The molecule has 0 fully saturated rings. The first kappa shape index (κ1) is 19.5. The Morgan fingerprint density at radius 3 is 2.72 bits per heavy atom. The van der Waals surface area contributed by atoms with Gasteiger partial charge in [-0.05, 0) is 52.4 Å². The van der Waals surface area contributed by atoms with Crippen molar-refractivity contribution in [3.63, 3.8) is 0 Å². The lowest BCUT2D eigenvalue weighted by atomic mass is 10.1. The van der Waals surface area contributed by atoms with Crippen molar-refractivity contribution >= 4 is 22.4 Å². The predicted molar refractivity (Wildman–Crippen MR) is 105 cm³/mol. The van der Waals surface area contributed by atoms with Gasteiger partial charge in [0.15, 0.2) is 5.13 Å². The molecular formula is C19H28N4OS. The maximum absolute atomic E-state index is 12.0. The Bertz CT molecular complexity index is 642. The van der Waals surface area contributed by atoms with E-state index in [-0.39, 0.29) is 5.91 Å². The van der Waals surface area contributed by atoms with Crippen LogP contribution in [0.2, 0.25) is 0 Å². The van der Waals surface area contributed by atoms with Crippen LogP contribution in [0.25, 0.3) is 11.4 Å². The topological polar surface area (TPSA) is 58.1 Å². The molecule has 0 saturated carbocycles. The lowest BCUT2D eigenvalue weighted by molar-refractivity contribution is -0.116. The minimum Gasteiger partial charge on any atom is -0.304 e. The fourth-order valence-electron chi connectivity index (χ4n) is 2.40. The molecular weight excluding hydrogens is 332 g/mol. The summed E-state index contributed by atoms with van der Waals surface area (Å²) in [6, 6.07) is 6.32. The molecule has 2 aromatic rings. The van der Waals surface area contributed by atoms with E-state index in [1.54, 1.807) is 6.20 Å². The van der Waals surface area contributed by atoms with Crippen LogP contribution in [-0.4, -0.2) is 40.4 Å². The molecule has 5 nitrogen and oxygen atoms in total. The number of amides is 1. The molecule has 0 spiro atoms. The van der Waals surface area contributed by atoms with Gasteiger partial charge >= 0.3 is 0 Å². The van der Waals surface area contributed by atoms with E-state index in [1.165, 1.54) is 24.2 Å². The largest absolute Gasteiger partial charge is 0.304 e. The molecule has 0 aromatic carbocycles. The van der Waals surface area contributed by atoms with Crippen molar-refractivity contribution < 1.29 is 4.79 Å². The highest BCUT2D eigenvalue weighted by Crippen LogP contribution is 2.23. The summed E-state index contributed by atoms with van der Waals surface area (Å²) in [7, 11) is 2.16. The molecule has 0 bridgehead atoms. The molecule has 2 rings (SSSR count). The Morgan fingerprint density at radius 2 is 2.00 bits per heavy atom. The minimum absolute atomic E-state index is 0.0428. The summed E-state index contributed by atoms with van der Waals surface area (Å²) in [5.41, 5.74) is 1.63. The van der Waals surface area contributed by atoms with Crippen molar-refractivity contribution in [1.82, 2.24) is 14.9 Å². The Balaban J connectivity index is 1.63. The molecule has 0 aliphatic carbocycles. The van der Waals surface area contributed by atoms with E-state index in [1.807, 2.05) is 23.6 Å². The van der Waals surface area contributed by atoms with Crippen LogP contribution in [0, 0.1) is 0 Å². The SMILES string of the molecule is CC(C)N(C)CCCCCCC(=O)Nc1nc(-c2ccccn2)cs1. The van der Waals surface area contributed by atoms with Gasteiger partial charge in [0.2, 0.25) is 5.91 Å². The van der Waals surface area contributed by atoms with Crippen molar-refractivity contribution in [2.45, 2.75) is 52.0 Å². The van der Waals surface area contributed by atoms with Crippen LogP contribution in [0.15, 0.2) is 29.8 Å². The number of nitrogens with one attached hydrogen (secondary N) is 1.